The minimum atomic E-state index is -0.978. The lowest BCUT2D eigenvalue weighted by Gasteiger charge is -2.19. The van der Waals surface area contributed by atoms with Crippen molar-refractivity contribution in [3.8, 4) is 0 Å². The van der Waals surface area contributed by atoms with Gasteiger partial charge in [-0.1, -0.05) is 48.7 Å². The zero-order valence-corrected chi connectivity index (χ0v) is 17.0. The van der Waals surface area contributed by atoms with E-state index in [4.69, 9.17) is 28.3 Å². The number of carboxylic acid groups (broad SMARTS) is 1. The molecule has 1 amide bonds. The number of nitrogens with one attached hydrogen (secondary N) is 1. The molecule has 0 aliphatic heterocycles. The number of hydrogen-bond acceptors (Lipinski definition) is 2. The number of carbonyl (C=O) groups is 2. The SMILES string of the molecule is CCCC(NC(=O)c1cc2c(Cl)c(Cl)ccc2n1C)c1ccc(C(=O)O)cc1. The lowest BCUT2D eigenvalue weighted by Crippen LogP contribution is -2.30. The molecule has 0 saturated heterocycles. The lowest BCUT2D eigenvalue weighted by atomic mass is 10.0. The molecule has 0 aliphatic carbocycles. The van der Waals surface area contributed by atoms with Gasteiger partial charge in [-0.25, -0.2) is 4.79 Å². The van der Waals surface area contributed by atoms with Crippen LogP contribution in [0, 0.1) is 0 Å². The van der Waals surface area contributed by atoms with Gasteiger partial charge in [0.15, 0.2) is 0 Å². The van der Waals surface area contributed by atoms with Crippen molar-refractivity contribution in [1.29, 1.82) is 0 Å². The third-order valence-electron chi connectivity index (χ3n) is 4.79. The molecular weight excluding hydrogens is 399 g/mol. The fourth-order valence-electron chi connectivity index (χ4n) is 3.27. The molecule has 5 nitrogen and oxygen atoms in total. The first-order chi connectivity index (χ1) is 13.3. The number of aryl methyl sites for hydroxylation is 1. The Morgan fingerprint density at radius 1 is 1.14 bits per heavy atom. The van der Waals surface area contributed by atoms with E-state index in [9.17, 15) is 9.59 Å². The molecular formula is C21H20Cl2N2O3. The average Bonchev–Trinajstić information content (AvgIpc) is 3.02. The number of amides is 1. The number of nitrogens with zero attached hydrogens (tertiary/aromatic N) is 1. The second-order valence-electron chi connectivity index (χ2n) is 6.62. The van der Waals surface area contributed by atoms with Gasteiger partial charge in [-0.3, -0.25) is 4.79 Å². The van der Waals surface area contributed by atoms with Crippen LogP contribution in [0.15, 0.2) is 42.5 Å². The smallest absolute Gasteiger partial charge is 0.335 e. The van der Waals surface area contributed by atoms with E-state index in [1.807, 2.05) is 13.0 Å². The number of halogens is 2. The molecule has 3 aromatic rings. The second kappa shape index (κ2) is 8.25. The molecule has 0 aliphatic rings. The highest BCUT2D eigenvalue weighted by atomic mass is 35.5. The molecule has 0 spiro atoms. The summed E-state index contributed by atoms with van der Waals surface area (Å²) in [6, 6.07) is 11.6. The number of aromatic carboxylic acids is 1. The molecule has 3 rings (SSSR count). The lowest BCUT2D eigenvalue weighted by molar-refractivity contribution is 0.0696. The number of hydrogen-bond donors (Lipinski definition) is 2. The largest absolute Gasteiger partial charge is 0.478 e. The first kappa shape index (κ1) is 20.2. The van der Waals surface area contributed by atoms with Gasteiger partial charge in [0.2, 0.25) is 0 Å². The molecule has 0 radical (unpaired) electrons. The van der Waals surface area contributed by atoms with Gasteiger partial charge in [0.1, 0.15) is 5.69 Å². The summed E-state index contributed by atoms with van der Waals surface area (Å²) in [5.74, 6) is -1.21. The van der Waals surface area contributed by atoms with Crippen LogP contribution in [-0.4, -0.2) is 21.6 Å². The summed E-state index contributed by atoms with van der Waals surface area (Å²) >= 11 is 12.4. The number of aromatic nitrogens is 1. The van der Waals surface area contributed by atoms with Crippen LogP contribution in [0.1, 0.15) is 52.2 Å². The molecule has 1 aromatic heterocycles. The first-order valence-electron chi connectivity index (χ1n) is 8.91. The van der Waals surface area contributed by atoms with E-state index in [2.05, 4.69) is 5.32 Å². The molecule has 7 heteroatoms. The van der Waals surface area contributed by atoms with E-state index < -0.39 is 5.97 Å². The van der Waals surface area contributed by atoms with Crippen LogP contribution in [0.2, 0.25) is 10.0 Å². The Morgan fingerprint density at radius 3 is 2.43 bits per heavy atom. The van der Waals surface area contributed by atoms with Crippen molar-refractivity contribution in [1.82, 2.24) is 9.88 Å². The molecule has 1 atom stereocenters. The number of fused-ring (bicyclic) bond motifs is 1. The fourth-order valence-corrected chi connectivity index (χ4v) is 3.65. The minimum Gasteiger partial charge on any atom is -0.478 e. The van der Waals surface area contributed by atoms with Crippen molar-refractivity contribution < 1.29 is 14.7 Å². The van der Waals surface area contributed by atoms with Gasteiger partial charge in [-0.05, 0) is 42.3 Å². The van der Waals surface area contributed by atoms with Crippen LogP contribution < -0.4 is 5.32 Å². The Hall–Kier alpha value is -2.50. The summed E-state index contributed by atoms with van der Waals surface area (Å²) < 4.78 is 1.78. The highest BCUT2D eigenvalue weighted by Gasteiger charge is 2.20. The number of benzene rings is 2. The van der Waals surface area contributed by atoms with Gasteiger partial charge in [0.05, 0.1) is 21.7 Å². The summed E-state index contributed by atoms with van der Waals surface area (Å²) in [6.45, 7) is 2.03. The fraction of sp³-hybridized carbons (Fsp3) is 0.238. The average molecular weight is 419 g/mol. The number of rotatable bonds is 6. The van der Waals surface area contributed by atoms with Crippen LogP contribution in [0.3, 0.4) is 0 Å². The third kappa shape index (κ3) is 3.86. The Bertz CT molecular complexity index is 1040. The zero-order valence-electron chi connectivity index (χ0n) is 15.5. The predicted molar refractivity (Wildman–Crippen MR) is 111 cm³/mol. The van der Waals surface area contributed by atoms with Crippen molar-refractivity contribution in [2.75, 3.05) is 0 Å². The van der Waals surface area contributed by atoms with Crippen molar-refractivity contribution >= 4 is 46.0 Å². The Kier molecular flexibility index (Phi) is 5.96. The van der Waals surface area contributed by atoms with Gasteiger partial charge in [-0.15, -0.1) is 0 Å². The van der Waals surface area contributed by atoms with Crippen molar-refractivity contribution in [2.45, 2.75) is 25.8 Å². The maximum atomic E-state index is 13.0. The van der Waals surface area contributed by atoms with Crippen LogP contribution in [0.25, 0.3) is 10.9 Å². The Morgan fingerprint density at radius 2 is 1.82 bits per heavy atom. The molecule has 0 saturated carbocycles. The summed E-state index contributed by atoms with van der Waals surface area (Å²) in [5, 5.41) is 13.7. The topological polar surface area (TPSA) is 71.3 Å². The molecule has 0 fully saturated rings. The Balaban J connectivity index is 1.90. The summed E-state index contributed by atoms with van der Waals surface area (Å²) in [7, 11) is 1.80. The molecule has 2 N–H and O–H groups in total. The molecule has 1 unspecified atom stereocenters. The van der Waals surface area contributed by atoms with Gasteiger partial charge in [-0.2, -0.15) is 0 Å². The van der Waals surface area contributed by atoms with Gasteiger partial charge in [0, 0.05) is 18.0 Å². The maximum absolute atomic E-state index is 13.0. The zero-order chi connectivity index (χ0) is 20.4. The minimum absolute atomic E-state index is 0.213. The molecule has 146 valence electrons. The summed E-state index contributed by atoms with van der Waals surface area (Å²) in [6.07, 6.45) is 1.59. The number of carbonyl (C=O) groups excluding carboxylic acids is 1. The summed E-state index contributed by atoms with van der Waals surface area (Å²) in [5.41, 5.74) is 2.37. The first-order valence-corrected chi connectivity index (χ1v) is 9.66. The van der Waals surface area contributed by atoms with Crippen LogP contribution in [0.4, 0.5) is 0 Å². The standard InChI is InChI=1S/C21H20Cl2N2O3/c1-3-4-16(12-5-7-13(8-6-12)21(27)28)24-20(26)18-11-14-17(25(18)2)10-9-15(22)19(14)23/h5-11,16H,3-4H2,1-2H3,(H,24,26)(H,27,28). The normalized spacial score (nSPS) is 12.1. The van der Waals surface area contributed by atoms with E-state index in [0.717, 1.165) is 29.3 Å². The van der Waals surface area contributed by atoms with E-state index in [0.29, 0.717) is 15.7 Å². The van der Waals surface area contributed by atoms with Crippen molar-refractivity contribution in [2.24, 2.45) is 7.05 Å². The quantitative estimate of drug-likeness (QED) is 0.558. The predicted octanol–water partition coefficient (Wildman–Crippen LogP) is 5.45. The van der Waals surface area contributed by atoms with Gasteiger partial charge in [0.25, 0.3) is 5.91 Å². The van der Waals surface area contributed by atoms with Crippen LogP contribution >= 0.6 is 23.2 Å². The maximum Gasteiger partial charge on any atom is 0.335 e. The van der Waals surface area contributed by atoms with Gasteiger partial charge < -0.3 is 15.0 Å². The van der Waals surface area contributed by atoms with E-state index in [1.165, 1.54) is 0 Å². The van der Waals surface area contributed by atoms with Gasteiger partial charge >= 0.3 is 5.97 Å². The van der Waals surface area contributed by atoms with E-state index in [-0.39, 0.29) is 17.5 Å². The highest BCUT2D eigenvalue weighted by Crippen LogP contribution is 2.32. The van der Waals surface area contributed by atoms with Crippen LogP contribution in [0.5, 0.6) is 0 Å². The van der Waals surface area contributed by atoms with Crippen LogP contribution in [-0.2, 0) is 7.05 Å². The third-order valence-corrected chi connectivity index (χ3v) is 5.61. The molecule has 28 heavy (non-hydrogen) atoms. The number of carboxylic acids is 1. The monoisotopic (exact) mass is 418 g/mol. The van der Waals surface area contributed by atoms with E-state index >= 15 is 0 Å². The Labute approximate surface area is 172 Å². The molecule has 1 heterocycles. The van der Waals surface area contributed by atoms with E-state index in [1.54, 1.807) is 48.0 Å². The second-order valence-corrected chi connectivity index (χ2v) is 7.41. The summed E-state index contributed by atoms with van der Waals surface area (Å²) in [4.78, 5) is 24.0. The highest BCUT2D eigenvalue weighted by molar-refractivity contribution is 6.45. The molecule has 0 bridgehead atoms. The van der Waals surface area contributed by atoms with Crippen molar-refractivity contribution in [3.63, 3.8) is 0 Å². The van der Waals surface area contributed by atoms with Crippen molar-refractivity contribution in [3.05, 3.63) is 69.3 Å². The molecule has 2 aromatic carbocycles.